The van der Waals surface area contributed by atoms with Crippen LogP contribution in [0.15, 0.2) is 78.5 Å². The average Bonchev–Trinajstić information content (AvgIpc) is 3.04. The Balaban J connectivity index is 1.95. The molecule has 0 radical (unpaired) electrons. The number of methoxy groups -OCH3 is 1. The van der Waals surface area contributed by atoms with Crippen molar-refractivity contribution in [3.8, 4) is 5.75 Å². The fourth-order valence-electron chi connectivity index (χ4n) is 3.47. The van der Waals surface area contributed by atoms with E-state index in [1.807, 2.05) is 0 Å². The molecule has 1 aliphatic heterocycles. The zero-order valence-electron chi connectivity index (χ0n) is 15.9. The summed E-state index contributed by atoms with van der Waals surface area (Å²) in [6, 6.07) is 17.6. The van der Waals surface area contributed by atoms with Crippen LogP contribution in [0.1, 0.15) is 17.3 Å². The molecule has 0 bridgehead atoms. The maximum absolute atomic E-state index is 13.0. The number of aliphatic hydroxyl groups is 1. The molecule has 1 aromatic heterocycles. The second-order valence-corrected chi connectivity index (χ2v) is 7.07. The fourth-order valence-corrected chi connectivity index (χ4v) is 3.66. The molecule has 0 saturated carbocycles. The van der Waals surface area contributed by atoms with Gasteiger partial charge in [-0.15, -0.1) is 0 Å². The number of pyridine rings is 1. The standard InChI is InChI=1S/C23H17ClN2O4/c1-30-17-9-5-8-16(13-17)26-20(18-10-2-3-11-25-18)19(22(28)23(26)29)21(27)14-6-4-7-15(24)12-14/h2-13,20,27H,1H3/b21-19+. The molecule has 1 saturated heterocycles. The summed E-state index contributed by atoms with van der Waals surface area (Å²) in [5, 5.41) is 11.4. The van der Waals surface area contributed by atoms with Gasteiger partial charge in [-0.1, -0.05) is 35.9 Å². The van der Waals surface area contributed by atoms with Gasteiger partial charge in [-0.3, -0.25) is 19.5 Å². The summed E-state index contributed by atoms with van der Waals surface area (Å²) in [6.07, 6.45) is 1.57. The summed E-state index contributed by atoms with van der Waals surface area (Å²) in [5.74, 6) is -1.34. The van der Waals surface area contributed by atoms with Crippen LogP contribution in [0.4, 0.5) is 5.69 Å². The molecule has 1 atom stereocenters. The third kappa shape index (κ3) is 3.42. The molecule has 1 fully saturated rings. The Morgan fingerprint density at radius 3 is 2.57 bits per heavy atom. The minimum Gasteiger partial charge on any atom is -0.507 e. The third-order valence-corrected chi connectivity index (χ3v) is 5.08. The van der Waals surface area contributed by atoms with Crippen molar-refractivity contribution in [2.24, 2.45) is 0 Å². The molecular weight excluding hydrogens is 404 g/mol. The molecule has 1 unspecified atom stereocenters. The second-order valence-electron chi connectivity index (χ2n) is 6.64. The van der Waals surface area contributed by atoms with E-state index in [4.69, 9.17) is 16.3 Å². The normalized spacial score (nSPS) is 17.9. The van der Waals surface area contributed by atoms with Crippen LogP contribution in [0.2, 0.25) is 5.02 Å². The van der Waals surface area contributed by atoms with E-state index < -0.39 is 17.7 Å². The number of nitrogens with zero attached hydrogens (tertiary/aromatic N) is 2. The number of aromatic nitrogens is 1. The molecule has 7 heteroatoms. The maximum atomic E-state index is 13.0. The largest absolute Gasteiger partial charge is 0.507 e. The number of ether oxygens (including phenoxy) is 1. The summed E-state index contributed by atoms with van der Waals surface area (Å²) in [4.78, 5) is 31.7. The van der Waals surface area contributed by atoms with Gasteiger partial charge in [-0.05, 0) is 36.4 Å². The molecule has 2 heterocycles. The number of Topliss-reactive ketones (excluding diaryl/α,β-unsaturated/α-hetero) is 1. The number of anilines is 1. The Kier molecular flexibility index (Phi) is 5.25. The molecule has 150 valence electrons. The number of hydrogen-bond donors (Lipinski definition) is 1. The zero-order chi connectivity index (χ0) is 21.3. The van der Waals surface area contributed by atoms with Crippen LogP contribution in [0.5, 0.6) is 5.75 Å². The van der Waals surface area contributed by atoms with Crippen LogP contribution in [0, 0.1) is 0 Å². The Hall–Kier alpha value is -3.64. The van der Waals surface area contributed by atoms with Gasteiger partial charge in [0.1, 0.15) is 17.6 Å². The zero-order valence-corrected chi connectivity index (χ0v) is 16.7. The quantitative estimate of drug-likeness (QED) is 0.385. The van der Waals surface area contributed by atoms with Gasteiger partial charge in [0, 0.05) is 28.5 Å². The summed E-state index contributed by atoms with van der Waals surface area (Å²) in [5.41, 5.74) is 1.19. The predicted octanol–water partition coefficient (Wildman–Crippen LogP) is 4.37. The number of benzene rings is 2. The minimum absolute atomic E-state index is 0.0520. The van der Waals surface area contributed by atoms with Crippen LogP contribution in [0.3, 0.4) is 0 Å². The second kappa shape index (κ2) is 8.00. The number of halogens is 1. The molecule has 3 aromatic rings. The third-order valence-electron chi connectivity index (χ3n) is 4.84. The van der Waals surface area contributed by atoms with E-state index in [-0.39, 0.29) is 11.3 Å². The lowest BCUT2D eigenvalue weighted by atomic mass is 9.98. The number of ketones is 1. The Morgan fingerprint density at radius 2 is 1.87 bits per heavy atom. The van der Waals surface area contributed by atoms with Crippen molar-refractivity contribution in [3.63, 3.8) is 0 Å². The highest BCUT2D eigenvalue weighted by atomic mass is 35.5. The van der Waals surface area contributed by atoms with Gasteiger partial charge in [-0.25, -0.2) is 0 Å². The first kappa shape index (κ1) is 19.7. The monoisotopic (exact) mass is 420 g/mol. The highest BCUT2D eigenvalue weighted by molar-refractivity contribution is 6.51. The lowest BCUT2D eigenvalue weighted by Crippen LogP contribution is -2.29. The Bertz CT molecular complexity index is 1160. The van der Waals surface area contributed by atoms with Crippen molar-refractivity contribution in [3.05, 3.63) is 94.8 Å². The van der Waals surface area contributed by atoms with Crippen molar-refractivity contribution >= 4 is 34.7 Å². The number of carbonyl (C=O) groups is 2. The number of carbonyl (C=O) groups excluding carboxylic acids is 2. The highest BCUT2D eigenvalue weighted by Crippen LogP contribution is 2.42. The summed E-state index contributed by atoms with van der Waals surface area (Å²) < 4.78 is 5.26. The molecule has 30 heavy (non-hydrogen) atoms. The molecule has 0 aliphatic carbocycles. The molecule has 1 aliphatic rings. The SMILES string of the molecule is COc1cccc(N2C(=O)C(=O)/C(=C(/O)c3cccc(Cl)c3)C2c2ccccn2)c1. The minimum atomic E-state index is -0.905. The van der Waals surface area contributed by atoms with E-state index in [2.05, 4.69) is 4.98 Å². The molecule has 2 aromatic carbocycles. The van der Waals surface area contributed by atoms with Gasteiger partial charge in [0.2, 0.25) is 0 Å². The number of hydrogen-bond acceptors (Lipinski definition) is 5. The van der Waals surface area contributed by atoms with Crippen LogP contribution < -0.4 is 9.64 Å². The van der Waals surface area contributed by atoms with Crippen molar-refractivity contribution in [1.82, 2.24) is 4.98 Å². The molecule has 6 nitrogen and oxygen atoms in total. The van der Waals surface area contributed by atoms with E-state index in [1.54, 1.807) is 66.9 Å². The van der Waals surface area contributed by atoms with Crippen molar-refractivity contribution < 1.29 is 19.4 Å². The van der Waals surface area contributed by atoms with Gasteiger partial charge >= 0.3 is 0 Å². The van der Waals surface area contributed by atoms with Crippen LogP contribution in [0.25, 0.3) is 5.76 Å². The summed E-state index contributed by atoms with van der Waals surface area (Å²) in [6.45, 7) is 0. The first-order valence-corrected chi connectivity index (χ1v) is 9.51. The predicted molar refractivity (Wildman–Crippen MR) is 113 cm³/mol. The van der Waals surface area contributed by atoms with Crippen LogP contribution >= 0.6 is 11.6 Å². The first-order valence-electron chi connectivity index (χ1n) is 9.13. The average molecular weight is 421 g/mol. The van der Waals surface area contributed by atoms with Crippen molar-refractivity contribution in [2.75, 3.05) is 12.0 Å². The van der Waals surface area contributed by atoms with Crippen LogP contribution in [-0.4, -0.2) is 28.9 Å². The van der Waals surface area contributed by atoms with Gasteiger partial charge < -0.3 is 9.84 Å². The van der Waals surface area contributed by atoms with E-state index in [0.29, 0.717) is 27.7 Å². The van der Waals surface area contributed by atoms with Gasteiger partial charge in [0.15, 0.2) is 0 Å². The van der Waals surface area contributed by atoms with E-state index in [1.165, 1.54) is 18.1 Å². The number of amides is 1. The highest BCUT2D eigenvalue weighted by Gasteiger charge is 2.47. The Morgan fingerprint density at radius 1 is 1.07 bits per heavy atom. The molecule has 1 amide bonds. The van der Waals surface area contributed by atoms with Crippen LogP contribution in [-0.2, 0) is 9.59 Å². The Labute approximate surface area is 178 Å². The molecule has 4 rings (SSSR count). The van der Waals surface area contributed by atoms with Crippen molar-refractivity contribution in [1.29, 1.82) is 0 Å². The first-order chi connectivity index (χ1) is 14.5. The van der Waals surface area contributed by atoms with Gasteiger partial charge in [0.25, 0.3) is 11.7 Å². The summed E-state index contributed by atoms with van der Waals surface area (Å²) in [7, 11) is 1.52. The van der Waals surface area contributed by atoms with Gasteiger partial charge in [0.05, 0.1) is 18.4 Å². The van der Waals surface area contributed by atoms with Crippen molar-refractivity contribution in [2.45, 2.75) is 6.04 Å². The summed E-state index contributed by atoms with van der Waals surface area (Å²) >= 11 is 6.05. The number of aliphatic hydroxyl groups excluding tert-OH is 1. The lowest BCUT2D eigenvalue weighted by molar-refractivity contribution is -0.132. The smallest absolute Gasteiger partial charge is 0.300 e. The van der Waals surface area contributed by atoms with E-state index in [0.717, 1.165) is 0 Å². The van der Waals surface area contributed by atoms with E-state index >= 15 is 0 Å². The lowest BCUT2D eigenvalue weighted by Gasteiger charge is -2.24. The molecule has 0 spiro atoms. The molecular formula is C23H17ClN2O4. The fraction of sp³-hybridized carbons (Fsp3) is 0.0870. The van der Waals surface area contributed by atoms with E-state index in [9.17, 15) is 14.7 Å². The van der Waals surface area contributed by atoms with Gasteiger partial charge in [-0.2, -0.15) is 0 Å². The maximum Gasteiger partial charge on any atom is 0.300 e. The molecule has 1 N–H and O–H groups in total. The topological polar surface area (TPSA) is 79.7 Å². The number of rotatable bonds is 4.